The molecule has 1 atom stereocenters. The molecule has 1 N–H and O–H groups in total. The van der Waals surface area contributed by atoms with Crippen molar-refractivity contribution in [3.05, 3.63) is 53.9 Å². The van der Waals surface area contributed by atoms with Crippen molar-refractivity contribution < 1.29 is 5.11 Å². The molecular weight excluding hydrogens is 236 g/mol. The van der Waals surface area contributed by atoms with Gasteiger partial charge in [-0.05, 0) is 30.4 Å². The van der Waals surface area contributed by atoms with Gasteiger partial charge in [-0.3, -0.25) is 4.68 Å². The van der Waals surface area contributed by atoms with E-state index in [9.17, 15) is 5.11 Å². The number of rotatable bonds is 6. The Balaban J connectivity index is 1.97. The second-order valence-electron chi connectivity index (χ2n) is 5.26. The number of hydrogen-bond acceptors (Lipinski definition) is 2. The molecule has 102 valence electrons. The highest BCUT2D eigenvalue weighted by molar-refractivity contribution is 5.17. The molecule has 1 aromatic heterocycles. The molecule has 1 unspecified atom stereocenters. The number of aromatic nitrogens is 2. The Kier molecular flexibility index (Phi) is 4.38. The highest BCUT2D eigenvalue weighted by atomic mass is 16.3. The fraction of sp³-hybridized carbons (Fsp3) is 0.438. The fourth-order valence-corrected chi connectivity index (χ4v) is 2.34. The molecule has 3 nitrogen and oxygen atoms in total. The lowest BCUT2D eigenvalue weighted by Crippen LogP contribution is -2.31. The smallest absolute Gasteiger partial charge is 0.0688 e. The van der Waals surface area contributed by atoms with E-state index in [2.05, 4.69) is 17.2 Å². The molecule has 1 aromatic carbocycles. The standard InChI is InChI=1S/C16H22N2O/c1-3-16(19,11-14-7-5-4-6-8-14)10-9-15-12-17-18(2)13-15/h4-8,12-13,19H,3,9-11H2,1-2H3. The Hall–Kier alpha value is -1.61. The molecule has 0 saturated heterocycles. The molecule has 0 spiro atoms. The van der Waals surface area contributed by atoms with Gasteiger partial charge in [-0.2, -0.15) is 5.10 Å². The van der Waals surface area contributed by atoms with Gasteiger partial charge in [-0.1, -0.05) is 37.3 Å². The zero-order valence-corrected chi connectivity index (χ0v) is 11.7. The summed E-state index contributed by atoms with van der Waals surface area (Å²) in [5.74, 6) is 0. The molecule has 0 fully saturated rings. The number of benzene rings is 1. The van der Waals surface area contributed by atoms with Gasteiger partial charge < -0.3 is 5.11 Å². The summed E-state index contributed by atoms with van der Waals surface area (Å²) < 4.78 is 1.80. The number of aliphatic hydroxyl groups is 1. The molecule has 19 heavy (non-hydrogen) atoms. The van der Waals surface area contributed by atoms with Crippen LogP contribution in [0.3, 0.4) is 0 Å². The summed E-state index contributed by atoms with van der Waals surface area (Å²) in [7, 11) is 1.92. The van der Waals surface area contributed by atoms with Crippen LogP contribution in [0, 0.1) is 0 Å². The third-order valence-corrected chi connectivity index (χ3v) is 3.67. The molecule has 0 aliphatic heterocycles. The first-order chi connectivity index (χ1) is 9.11. The molecule has 1 heterocycles. The van der Waals surface area contributed by atoms with Crippen LogP contribution in [-0.2, 0) is 19.9 Å². The second-order valence-corrected chi connectivity index (χ2v) is 5.26. The average Bonchev–Trinajstić information content (AvgIpc) is 2.84. The summed E-state index contributed by atoms with van der Waals surface area (Å²) >= 11 is 0. The van der Waals surface area contributed by atoms with Crippen molar-refractivity contribution in [1.82, 2.24) is 9.78 Å². The molecule has 3 heteroatoms. The molecule has 2 rings (SSSR count). The van der Waals surface area contributed by atoms with Gasteiger partial charge in [0, 0.05) is 19.7 Å². The summed E-state index contributed by atoms with van der Waals surface area (Å²) in [6, 6.07) is 10.2. The Bertz CT molecular complexity index is 506. The van der Waals surface area contributed by atoms with Crippen LogP contribution in [0.25, 0.3) is 0 Å². The summed E-state index contributed by atoms with van der Waals surface area (Å²) in [5.41, 5.74) is 1.75. The maximum absolute atomic E-state index is 10.7. The molecule has 2 aromatic rings. The minimum absolute atomic E-state index is 0.628. The van der Waals surface area contributed by atoms with E-state index in [1.54, 1.807) is 4.68 Å². The molecule has 0 radical (unpaired) electrons. The van der Waals surface area contributed by atoms with Crippen LogP contribution in [0.5, 0.6) is 0 Å². The lowest BCUT2D eigenvalue weighted by molar-refractivity contribution is 0.0280. The predicted octanol–water partition coefficient (Wildman–Crippen LogP) is 2.74. The van der Waals surface area contributed by atoms with E-state index in [1.165, 1.54) is 11.1 Å². The quantitative estimate of drug-likeness (QED) is 0.865. The van der Waals surface area contributed by atoms with Crippen molar-refractivity contribution in [1.29, 1.82) is 0 Å². The first kappa shape index (κ1) is 13.8. The lowest BCUT2D eigenvalue weighted by atomic mass is 9.87. The van der Waals surface area contributed by atoms with Crippen molar-refractivity contribution in [2.75, 3.05) is 0 Å². The van der Waals surface area contributed by atoms with E-state index in [1.807, 2.05) is 44.6 Å². The summed E-state index contributed by atoms with van der Waals surface area (Å²) in [5, 5.41) is 14.9. The molecule has 0 aliphatic rings. The van der Waals surface area contributed by atoms with Crippen LogP contribution >= 0.6 is 0 Å². The third kappa shape index (κ3) is 3.93. The Morgan fingerprint density at radius 2 is 1.95 bits per heavy atom. The number of nitrogens with zero attached hydrogens (tertiary/aromatic N) is 2. The van der Waals surface area contributed by atoms with Crippen molar-refractivity contribution in [3.8, 4) is 0 Å². The molecule has 0 bridgehead atoms. The lowest BCUT2D eigenvalue weighted by Gasteiger charge is -2.26. The van der Waals surface area contributed by atoms with E-state index in [-0.39, 0.29) is 0 Å². The van der Waals surface area contributed by atoms with Crippen LogP contribution in [-0.4, -0.2) is 20.5 Å². The van der Waals surface area contributed by atoms with Gasteiger partial charge in [0.05, 0.1) is 11.8 Å². The maximum Gasteiger partial charge on any atom is 0.0688 e. The van der Waals surface area contributed by atoms with Crippen LogP contribution in [0.2, 0.25) is 0 Å². The van der Waals surface area contributed by atoms with Gasteiger partial charge in [0.1, 0.15) is 0 Å². The minimum Gasteiger partial charge on any atom is -0.390 e. The van der Waals surface area contributed by atoms with E-state index in [0.29, 0.717) is 6.42 Å². The van der Waals surface area contributed by atoms with Gasteiger partial charge in [0.15, 0.2) is 0 Å². The number of hydrogen-bond donors (Lipinski definition) is 1. The van der Waals surface area contributed by atoms with Crippen molar-refractivity contribution in [2.24, 2.45) is 7.05 Å². The SMILES string of the molecule is CCC(O)(CCc1cnn(C)c1)Cc1ccccc1. The first-order valence-corrected chi connectivity index (χ1v) is 6.85. The second kappa shape index (κ2) is 6.02. The Morgan fingerprint density at radius 3 is 2.53 bits per heavy atom. The van der Waals surface area contributed by atoms with E-state index in [0.717, 1.165) is 19.3 Å². The highest BCUT2D eigenvalue weighted by Crippen LogP contribution is 2.23. The first-order valence-electron chi connectivity index (χ1n) is 6.85. The third-order valence-electron chi connectivity index (χ3n) is 3.67. The van der Waals surface area contributed by atoms with E-state index in [4.69, 9.17) is 0 Å². The summed E-state index contributed by atoms with van der Waals surface area (Å²) in [6.45, 7) is 2.05. The fourth-order valence-electron chi connectivity index (χ4n) is 2.34. The van der Waals surface area contributed by atoms with Crippen molar-refractivity contribution in [3.63, 3.8) is 0 Å². The summed E-state index contributed by atoms with van der Waals surface area (Å²) in [6.07, 6.45) is 7.00. The molecular formula is C16H22N2O. The minimum atomic E-state index is -0.628. The average molecular weight is 258 g/mol. The molecule has 0 aliphatic carbocycles. The maximum atomic E-state index is 10.7. The van der Waals surface area contributed by atoms with Crippen molar-refractivity contribution in [2.45, 2.75) is 38.2 Å². The monoisotopic (exact) mass is 258 g/mol. The Labute approximate surface area is 114 Å². The van der Waals surface area contributed by atoms with Gasteiger partial charge in [0.25, 0.3) is 0 Å². The topological polar surface area (TPSA) is 38.1 Å². The normalized spacial score (nSPS) is 14.3. The summed E-state index contributed by atoms with van der Waals surface area (Å²) in [4.78, 5) is 0. The van der Waals surface area contributed by atoms with E-state index >= 15 is 0 Å². The van der Waals surface area contributed by atoms with Crippen LogP contribution in [0.15, 0.2) is 42.7 Å². The Morgan fingerprint density at radius 1 is 1.21 bits per heavy atom. The molecule has 0 amide bonds. The number of aryl methyl sites for hydroxylation is 2. The van der Waals surface area contributed by atoms with Crippen molar-refractivity contribution >= 4 is 0 Å². The highest BCUT2D eigenvalue weighted by Gasteiger charge is 2.24. The van der Waals surface area contributed by atoms with Gasteiger partial charge in [0.2, 0.25) is 0 Å². The van der Waals surface area contributed by atoms with Crippen LogP contribution in [0.4, 0.5) is 0 Å². The van der Waals surface area contributed by atoms with Gasteiger partial charge >= 0.3 is 0 Å². The zero-order chi connectivity index (χ0) is 13.7. The van der Waals surface area contributed by atoms with Gasteiger partial charge in [-0.15, -0.1) is 0 Å². The van der Waals surface area contributed by atoms with E-state index < -0.39 is 5.60 Å². The largest absolute Gasteiger partial charge is 0.390 e. The van der Waals surface area contributed by atoms with Crippen LogP contribution in [0.1, 0.15) is 30.9 Å². The van der Waals surface area contributed by atoms with Gasteiger partial charge in [-0.25, -0.2) is 0 Å². The predicted molar refractivity (Wildman–Crippen MR) is 76.9 cm³/mol. The van der Waals surface area contributed by atoms with Crippen LogP contribution < -0.4 is 0 Å². The zero-order valence-electron chi connectivity index (χ0n) is 11.7. The molecule has 0 saturated carbocycles.